The fraction of sp³-hybridized carbons (Fsp3) is 0.278. The van der Waals surface area contributed by atoms with Crippen LogP contribution in [0.25, 0.3) is 0 Å². The van der Waals surface area contributed by atoms with Gasteiger partial charge in [0.05, 0.1) is 10.6 Å². The van der Waals surface area contributed by atoms with Crippen molar-refractivity contribution in [3.05, 3.63) is 59.7 Å². The minimum Gasteiger partial charge on any atom is -0.479 e. The van der Waals surface area contributed by atoms with E-state index in [1.54, 1.807) is 36.4 Å². The van der Waals surface area contributed by atoms with Crippen molar-refractivity contribution in [3.63, 3.8) is 0 Å². The summed E-state index contributed by atoms with van der Waals surface area (Å²) in [6, 6.07) is 12.8. The molecule has 0 saturated carbocycles. The van der Waals surface area contributed by atoms with Crippen molar-refractivity contribution >= 4 is 21.7 Å². The van der Waals surface area contributed by atoms with Gasteiger partial charge in [-0.25, -0.2) is 17.6 Å². The maximum Gasteiger partial charge on any atom is 0.341 e. The van der Waals surface area contributed by atoms with Gasteiger partial charge < -0.3 is 5.11 Å². The Morgan fingerprint density at radius 1 is 1.16 bits per heavy atom. The molecule has 0 bridgehead atoms. The average molecular weight is 363 g/mol. The number of hydrogen-bond acceptors (Lipinski definition) is 3. The van der Waals surface area contributed by atoms with Gasteiger partial charge in [0.15, 0.2) is 0 Å². The predicted octanol–water partition coefficient (Wildman–Crippen LogP) is 2.93. The maximum atomic E-state index is 14.8. The first-order valence-electron chi connectivity index (χ1n) is 7.84. The van der Waals surface area contributed by atoms with Crippen LogP contribution in [-0.4, -0.2) is 31.7 Å². The lowest BCUT2D eigenvalue weighted by molar-refractivity contribution is -0.151. The highest BCUT2D eigenvalue weighted by molar-refractivity contribution is 7.92. The second-order valence-corrected chi connectivity index (χ2v) is 8.08. The van der Waals surface area contributed by atoms with E-state index >= 15 is 0 Å². The van der Waals surface area contributed by atoms with Crippen LogP contribution in [0.2, 0.25) is 0 Å². The van der Waals surface area contributed by atoms with Gasteiger partial charge in [0, 0.05) is 19.4 Å². The molecule has 3 rings (SSSR count). The van der Waals surface area contributed by atoms with Crippen LogP contribution in [0.3, 0.4) is 0 Å². The molecule has 2 aromatic rings. The minimum absolute atomic E-state index is 0.0922. The van der Waals surface area contributed by atoms with Gasteiger partial charge in [-0.2, -0.15) is 0 Å². The summed E-state index contributed by atoms with van der Waals surface area (Å²) in [5.41, 5.74) is -0.887. The summed E-state index contributed by atoms with van der Waals surface area (Å²) in [5.74, 6) is -1.57. The highest BCUT2D eigenvalue weighted by atomic mass is 32.2. The fourth-order valence-corrected chi connectivity index (χ4v) is 4.47. The molecule has 5 nitrogen and oxygen atoms in total. The normalized spacial score (nSPS) is 20.6. The summed E-state index contributed by atoms with van der Waals surface area (Å²) in [4.78, 5) is 11.5. The zero-order valence-electron chi connectivity index (χ0n) is 13.6. The number of fused-ring (bicyclic) bond motifs is 1. The van der Waals surface area contributed by atoms with Crippen molar-refractivity contribution in [2.24, 2.45) is 0 Å². The smallest absolute Gasteiger partial charge is 0.341 e. The van der Waals surface area contributed by atoms with E-state index < -0.39 is 28.1 Å². The van der Waals surface area contributed by atoms with E-state index in [-0.39, 0.29) is 17.9 Å². The number of aryl methyl sites for hydroxylation is 1. The van der Waals surface area contributed by atoms with Gasteiger partial charge in [0.1, 0.15) is 0 Å². The molecule has 2 aromatic carbocycles. The van der Waals surface area contributed by atoms with Crippen molar-refractivity contribution in [1.82, 2.24) is 0 Å². The van der Waals surface area contributed by atoms with E-state index in [4.69, 9.17) is 0 Å². The first-order valence-corrected chi connectivity index (χ1v) is 9.28. The van der Waals surface area contributed by atoms with E-state index in [2.05, 4.69) is 0 Å². The maximum absolute atomic E-state index is 14.8. The molecule has 1 aliphatic heterocycles. The summed E-state index contributed by atoms with van der Waals surface area (Å²) in [6.07, 6.45) is -0.777. The Labute approximate surface area is 145 Å². The highest BCUT2D eigenvalue weighted by Crippen LogP contribution is 2.36. The minimum atomic E-state index is -3.92. The Morgan fingerprint density at radius 3 is 2.44 bits per heavy atom. The van der Waals surface area contributed by atoms with Crippen LogP contribution in [0.4, 0.5) is 10.1 Å². The monoisotopic (exact) mass is 363 g/mol. The second kappa shape index (κ2) is 6.15. The Kier molecular flexibility index (Phi) is 4.28. The Morgan fingerprint density at radius 2 is 1.80 bits per heavy atom. The lowest BCUT2D eigenvalue weighted by Gasteiger charge is -2.24. The third-order valence-corrected chi connectivity index (χ3v) is 6.26. The van der Waals surface area contributed by atoms with Gasteiger partial charge in [0.25, 0.3) is 10.0 Å². The molecule has 0 aromatic heterocycles. The van der Waals surface area contributed by atoms with Crippen molar-refractivity contribution in [2.45, 2.75) is 30.3 Å². The molecule has 0 fully saturated rings. The lowest BCUT2D eigenvalue weighted by Crippen LogP contribution is -2.39. The topological polar surface area (TPSA) is 74.7 Å². The van der Waals surface area contributed by atoms with Crippen molar-refractivity contribution in [2.75, 3.05) is 10.8 Å². The summed E-state index contributed by atoms with van der Waals surface area (Å²) in [7, 11) is -3.92. The molecule has 25 heavy (non-hydrogen) atoms. The van der Waals surface area contributed by atoms with Crippen LogP contribution in [-0.2, 0) is 21.2 Å². The van der Waals surface area contributed by atoms with Gasteiger partial charge in [-0.05, 0) is 30.7 Å². The van der Waals surface area contributed by atoms with E-state index in [0.29, 0.717) is 11.3 Å². The van der Waals surface area contributed by atoms with E-state index in [0.717, 1.165) is 9.87 Å². The number of nitrogens with zero attached hydrogens (tertiary/aromatic N) is 1. The lowest BCUT2D eigenvalue weighted by atomic mass is 9.94. The Hall–Kier alpha value is -2.41. The molecule has 0 aliphatic carbocycles. The molecule has 0 spiro atoms. The largest absolute Gasteiger partial charge is 0.479 e. The first kappa shape index (κ1) is 17.4. The van der Waals surface area contributed by atoms with E-state index in [9.17, 15) is 22.7 Å². The molecular formula is C18H18FNO4S. The van der Waals surface area contributed by atoms with Crippen LogP contribution < -0.4 is 4.31 Å². The third kappa shape index (κ3) is 3.11. The zero-order valence-corrected chi connectivity index (χ0v) is 14.5. The molecular weight excluding hydrogens is 345 g/mol. The van der Waals surface area contributed by atoms with Gasteiger partial charge in [0.2, 0.25) is 5.67 Å². The van der Waals surface area contributed by atoms with Gasteiger partial charge in [-0.1, -0.05) is 35.9 Å². The standard InChI is InChI=1S/C18H18FNO4S/c1-13-6-8-15(9-7-13)25(23,24)20-11-10-18(19,17(21)22)12-14-4-2-3-5-16(14)20/h2-9H,10-12H2,1H3,(H,21,22). The van der Waals surface area contributed by atoms with Crippen molar-refractivity contribution in [3.8, 4) is 0 Å². The average Bonchev–Trinajstić information content (AvgIpc) is 2.72. The first-order chi connectivity index (χ1) is 11.7. The molecule has 0 saturated heterocycles. The number of hydrogen-bond donors (Lipinski definition) is 1. The number of carbonyl (C=O) groups is 1. The molecule has 0 radical (unpaired) electrons. The van der Waals surface area contributed by atoms with Crippen LogP contribution in [0.5, 0.6) is 0 Å². The number of para-hydroxylation sites is 1. The number of halogens is 1. The number of alkyl halides is 1. The molecule has 1 heterocycles. The quantitative estimate of drug-likeness (QED) is 0.910. The molecule has 1 N–H and O–H groups in total. The van der Waals surface area contributed by atoms with Gasteiger partial charge in [-0.15, -0.1) is 0 Å². The van der Waals surface area contributed by atoms with Gasteiger partial charge >= 0.3 is 5.97 Å². The van der Waals surface area contributed by atoms with Crippen LogP contribution in [0, 0.1) is 6.92 Å². The molecule has 1 aliphatic rings. The summed E-state index contributed by atoms with van der Waals surface area (Å²) >= 11 is 0. The molecule has 0 amide bonds. The summed E-state index contributed by atoms with van der Waals surface area (Å²) in [5, 5.41) is 9.24. The number of rotatable bonds is 3. The summed E-state index contributed by atoms with van der Waals surface area (Å²) in [6.45, 7) is 1.61. The number of sulfonamides is 1. The Balaban J connectivity index is 2.11. The zero-order chi connectivity index (χ0) is 18.2. The predicted molar refractivity (Wildman–Crippen MR) is 91.9 cm³/mol. The number of carboxylic acids is 1. The van der Waals surface area contributed by atoms with Crippen LogP contribution in [0.1, 0.15) is 17.5 Å². The fourth-order valence-electron chi connectivity index (χ4n) is 2.96. The second-order valence-electron chi connectivity index (χ2n) is 6.22. The van der Waals surface area contributed by atoms with E-state index in [1.165, 1.54) is 12.1 Å². The van der Waals surface area contributed by atoms with Crippen LogP contribution >= 0.6 is 0 Å². The summed E-state index contributed by atoms with van der Waals surface area (Å²) < 4.78 is 42.0. The van der Waals surface area contributed by atoms with Crippen LogP contribution in [0.15, 0.2) is 53.4 Å². The van der Waals surface area contributed by atoms with Crippen molar-refractivity contribution < 1.29 is 22.7 Å². The molecule has 1 unspecified atom stereocenters. The van der Waals surface area contributed by atoms with E-state index in [1.807, 2.05) is 6.92 Å². The number of aliphatic carboxylic acids is 1. The van der Waals surface area contributed by atoms with Crippen molar-refractivity contribution in [1.29, 1.82) is 0 Å². The number of benzene rings is 2. The molecule has 7 heteroatoms. The SMILES string of the molecule is Cc1ccc(S(=O)(=O)N2CCC(F)(C(=O)O)Cc3ccccc32)cc1. The third-order valence-electron chi connectivity index (χ3n) is 4.43. The van der Waals surface area contributed by atoms with Gasteiger partial charge in [-0.3, -0.25) is 4.31 Å². The molecule has 132 valence electrons. The Bertz CT molecular complexity index is 911. The number of anilines is 1. The molecule has 1 atom stereocenters. The highest BCUT2D eigenvalue weighted by Gasteiger charge is 2.43. The number of carboxylic acid groups (broad SMARTS) is 1.